The van der Waals surface area contributed by atoms with Gasteiger partial charge in [0.05, 0.1) is 0 Å². The molecule has 3 nitrogen and oxygen atoms in total. The molecule has 130 valence electrons. The summed E-state index contributed by atoms with van der Waals surface area (Å²) in [5, 5.41) is 3.08. The summed E-state index contributed by atoms with van der Waals surface area (Å²) < 4.78 is 4.86. The van der Waals surface area contributed by atoms with Gasteiger partial charge >= 0.3 is 11.9 Å². The van der Waals surface area contributed by atoms with Crippen LogP contribution in [0.2, 0.25) is 0 Å². The lowest BCUT2D eigenvalue weighted by Gasteiger charge is -2.28. The van der Waals surface area contributed by atoms with Gasteiger partial charge in [0.25, 0.3) is 0 Å². The number of carbonyl (C=O) groups is 2. The van der Waals surface area contributed by atoms with Crippen LogP contribution < -0.4 is 15.9 Å². The summed E-state index contributed by atoms with van der Waals surface area (Å²) in [7, 11) is 0. The minimum Gasteiger partial charge on any atom is -0.390 e. The highest BCUT2D eigenvalue weighted by molar-refractivity contribution is 7.95. The third-order valence-electron chi connectivity index (χ3n) is 4.03. The van der Waals surface area contributed by atoms with Crippen molar-refractivity contribution in [3.05, 3.63) is 91.0 Å². The third kappa shape index (κ3) is 3.68. The summed E-state index contributed by atoms with van der Waals surface area (Å²) in [4.78, 5) is 23.8. The van der Waals surface area contributed by atoms with Gasteiger partial charge in [-0.25, -0.2) is 4.79 Å². The van der Waals surface area contributed by atoms with Crippen molar-refractivity contribution in [1.82, 2.24) is 0 Å². The predicted octanol–water partition coefficient (Wildman–Crippen LogP) is 2.87. The fourth-order valence-corrected chi connectivity index (χ4v) is 6.62. The molecule has 0 spiro atoms. The van der Waals surface area contributed by atoms with E-state index in [1.54, 1.807) is 5.80 Å². The van der Waals surface area contributed by atoms with Crippen molar-refractivity contribution in [2.24, 2.45) is 0 Å². The van der Waals surface area contributed by atoms with Crippen molar-refractivity contribution in [3.63, 3.8) is 0 Å². The Morgan fingerprint density at radius 2 is 1.04 bits per heavy atom. The number of hydrogen-bond acceptors (Lipinski definition) is 3. The van der Waals surface area contributed by atoms with Crippen LogP contribution in [0.5, 0.6) is 0 Å². The van der Waals surface area contributed by atoms with E-state index in [2.05, 4.69) is 0 Å². The van der Waals surface area contributed by atoms with Crippen molar-refractivity contribution in [3.8, 4) is 0 Å². The first-order chi connectivity index (χ1) is 12.6. The molecule has 0 atom stereocenters. The van der Waals surface area contributed by atoms with Crippen LogP contribution in [-0.2, 0) is 14.3 Å². The lowest BCUT2D eigenvalue weighted by atomic mass is 10.4. The zero-order valence-corrected chi connectivity index (χ0v) is 15.3. The Bertz CT molecular complexity index is 845. The zero-order chi connectivity index (χ0) is 18.4. The highest BCUT2D eigenvalue weighted by atomic mass is 31.2. The molecule has 0 saturated heterocycles. The molecule has 0 aromatic heterocycles. The van der Waals surface area contributed by atoms with Crippen molar-refractivity contribution >= 4 is 40.5 Å². The molecule has 0 saturated carbocycles. The molecule has 26 heavy (non-hydrogen) atoms. The van der Waals surface area contributed by atoms with Crippen LogP contribution >= 0.6 is 6.89 Å². The Labute approximate surface area is 153 Å². The van der Waals surface area contributed by atoms with Gasteiger partial charge < -0.3 is 4.74 Å². The van der Waals surface area contributed by atoms with Crippen LogP contribution in [-0.4, -0.2) is 17.7 Å². The second-order valence-corrected chi connectivity index (χ2v) is 9.02. The lowest BCUT2D eigenvalue weighted by Crippen LogP contribution is -2.29. The number of esters is 2. The largest absolute Gasteiger partial charge is 0.390 e. The van der Waals surface area contributed by atoms with E-state index in [0.29, 0.717) is 0 Å². The quantitative estimate of drug-likeness (QED) is 0.407. The Kier molecular flexibility index (Phi) is 5.50. The third-order valence-corrected chi connectivity index (χ3v) is 7.97. The van der Waals surface area contributed by atoms with Crippen LogP contribution in [0.15, 0.2) is 91.0 Å². The molecule has 0 aliphatic rings. The molecule has 0 N–H and O–H groups in total. The number of ether oxygens (including phenoxy) is 1. The molecule has 0 aliphatic carbocycles. The molecule has 3 aromatic rings. The number of hydrogen-bond donors (Lipinski definition) is 0. The first kappa shape index (κ1) is 17.9. The van der Waals surface area contributed by atoms with Gasteiger partial charge in [-0.05, 0) is 22.8 Å². The average Bonchev–Trinajstić information content (AvgIpc) is 2.67. The number of benzene rings is 3. The molecule has 3 aromatic carbocycles. The van der Waals surface area contributed by atoms with Gasteiger partial charge in [0, 0.05) is 12.7 Å². The maximum atomic E-state index is 12.5. The summed E-state index contributed by atoms with van der Waals surface area (Å²) in [6.45, 7) is -1.18. The summed E-state index contributed by atoms with van der Waals surface area (Å²) >= 11 is 0. The monoisotopic (exact) mass is 362 g/mol. The molecule has 0 amide bonds. The standard InChI is InChI=1S/C22H19O3P/c1-18(23)25-22(24)17-26(19-11-5-2-6-12-19,20-13-7-3-8-14-20)21-15-9-4-10-16-21/h2-17H,1H3. The highest BCUT2D eigenvalue weighted by Gasteiger charge is 2.27. The van der Waals surface area contributed by atoms with Gasteiger partial charge in [0.15, 0.2) is 0 Å². The predicted molar refractivity (Wildman–Crippen MR) is 108 cm³/mol. The molecule has 3 rings (SSSR count). The van der Waals surface area contributed by atoms with E-state index in [0.717, 1.165) is 15.9 Å². The van der Waals surface area contributed by atoms with Gasteiger partial charge in [-0.15, -0.1) is 0 Å². The Morgan fingerprint density at radius 3 is 1.35 bits per heavy atom. The van der Waals surface area contributed by atoms with Gasteiger partial charge in [0.2, 0.25) is 0 Å². The van der Waals surface area contributed by atoms with Gasteiger partial charge in [-0.1, -0.05) is 91.0 Å². The first-order valence-corrected chi connectivity index (χ1v) is 10.1. The lowest BCUT2D eigenvalue weighted by molar-refractivity contribution is -0.152. The van der Waals surface area contributed by atoms with E-state index in [4.69, 9.17) is 4.74 Å². The summed E-state index contributed by atoms with van der Waals surface area (Å²) in [5.41, 5.74) is 0. The molecule has 0 unspecified atom stereocenters. The molecule has 0 aliphatic heterocycles. The van der Waals surface area contributed by atoms with Crippen molar-refractivity contribution < 1.29 is 14.3 Å². The first-order valence-electron chi connectivity index (χ1n) is 8.27. The molecule has 0 bridgehead atoms. The van der Waals surface area contributed by atoms with E-state index in [-0.39, 0.29) is 0 Å². The van der Waals surface area contributed by atoms with Gasteiger partial charge in [-0.3, -0.25) is 4.79 Å². The minimum absolute atomic E-state index is 0.612. The molecule has 0 heterocycles. The highest BCUT2D eigenvalue weighted by Crippen LogP contribution is 2.43. The second-order valence-electron chi connectivity index (χ2n) is 5.77. The molecular formula is C22H19O3P. The van der Waals surface area contributed by atoms with Crippen LogP contribution in [0.1, 0.15) is 6.92 Å². The summed E-state index contributed by atoms with van der Waals surface area (Å²) in [6.07, 6.45) is 0. The fourth-order valence-electron chi connectivity index (χ4n) is 2.99. The smallest absolute Gasteiger partial charge is 0.339 e. The molecule has 4 heteroatoms. The normalized spacial score (nSPS) is 10.8. The molecule has 0 fully saturated rings. The zero-order valence-electron chi connectivity index (χ0n) is 14.4. The van der Waals surface area contributed by atoms with E-state index >= 15 is 0 Å². The maximum Gasteiger partial charge on any atom is 0.339 e. The van der Waals surface area contributed by atoms with E-state index < -0.39 is 18.8 Å². The van der Waals surface area contributed by atoms with E-state index in [1.807, 2.05) is 91.0 Å². The minimum atomic E-state index is -2.42. The Morgan fingerprint density at radius 1 is 0.692 bits per heavy atom. The van der Waals surface area contributed by atoms with Crippen LogP contribution in [0.25, 0.3) is 0 Å². The molecule has 0 radical (unpaired) electrons. The van der Waals surface area contributed by atoms with E-state index in [9.17, 15) is 9.59 Å². The van der Waals surface area contributed by atoms with Crippen molar-refractivity contribution in [1.29, 1.82) is 0 Å². The van der Waals surface area contributed by atoms with Crippen LogP contribution in [0.3, 0.4) is 0 Å². The van der Waals surface area contributed by atoms with E-state index in [1.165, 1.54) is 6.92 Å². The number of carbonyl (C=O) groups excluding carboxylic acids is 2. The van der Waals surface area contributed by atoms with Crippen LogP contribution in [0, 0.1) is 0 Å². The second kappa shape index (κ2) is 7.99. The SMILES string of the molecule is CC(=O)OC(=O)C=P(c1ccccc1)(c1ccccc1)c1ccccc1. The van der Waals surface area contributed by atoms with Gasteiger partial charge in [-0.2, -0.15) is 0 Å². The summed E-state index contributed by atoms with van der Waals surface area (Å²) in [5.74, 6) is 0.356. The maximum absolute atomic E-state index is 12.5. The average molecular weight is 362 g/mol. The Hall–Kier alpha value is -2.90. The topological polar surface area (TPSA) is 43.4 Å². The van der Waals surface area contributed by atoms with Gasteiger partial charge in [0.1, 0.15) is 0 Å². The van der Waals surface area contributed by atoms with Crippen molar-refractivity contribution in [2.45, 2.75) is 6.92 Å². The Balaban J connectivity index is 2.38. The summed E-state index contributed by atoms with van der Waals surface area (Å²) in [6, 6.07) is 29.7. The fraction of sp³-hybridized carbons (Fsp3) is 0.0455. The van der Waals surface area contributed by atoms with Crippen LogP contribution in [0.4, 0.5) is 0 Å². The molecular weight excluding hydrogens is 343 g/mol. The number of rotatable bonds is 4. The van der Waals surface area contributed by atoms with Crippen molar-refractivity contribution in [2.75, 3.05) is 0 Å².